The van der Waals surface area contributed by atoms with Gasteiger partial charge in [0.1, 0.15) is 6.61 Å². The molecule has 0 saturated carbocycles. The highest BCUT2D eigenvalue weighted by atomic mass is 16.6. The molecule has 0 unspecified atom stereocenters. The zero-order chi connectivity index (χ0) is 19.0. The molecule has 0 aromatic rings. The van der Waals surface area contributed by atoms with Gasteiger partial charge in [-0.15, -0.1) is 0 Å². The van der Waals surface area contributed by atoms with E-state index in [9.17, 15) is 14.7 Å². The van der Waals surface area contributed by atoms with Crippen LogP contribution in [-0.4, -0.2) is 36.4 Å². The highest BCUT2D eigenvalue weighted by Gasteiger charge is 2.27. The average molecular weight is 352 g/mol. The fourth-order valence-electron chi connectivity index (χ4n) is 3.35. The lowest BCUT2D eigenvalue weighted by Gasteiger charge is -2.34. The Bertz CT molecular complexity index is 542. The number of aliphatic hydroxyl groups excluding tert-OH is 1. The van der Waals surface area contributed by atoms with Crippen LogP contribution in [0.3, 0.4) is 0 Å². The molecule has 0 aromatic carbocycles. The van der Waals surface area contributed by atoms with Crippen molar-refractivity contribution in [2.45, 2.75) is 72.8 Å². The van der Waals surface area contributed by atoms with Crippen LogP contribution in [0.4, 0.5) is 0 Å². The van der Waals surface area contributed by atoms with E-state index >= 15 is 0 Å². The van der Waals surface area contributed by atoms with Gasteiger partial charge in [-0.1, -0.05) is 30.6 Å². The first kappa shape index (κ1) is 21.4. The van der Waals surface area contributed by atoms with Gasteiger partial charge in [-0.2, -0.15) is 0 Å². The van der Waals surface area contributed by atoms with E-state index in [1.165, 1.54) is 37.0 Å². The predicted octanol–water partition coefficient (Wildman–Crippen LogP) is 3.71. The molecule has 1 N–H and O–H groups in total. The second-order valence-electron chi connectivity index (χ2n) is 7.53. The Morgan fingerprint density at radius 1 is 1.32 bits per heavy atom. The molecule has 142 valence electrons. The van der Waals surface area contributed by atoms with Crippen LogP contribution < -0.4 is 0 Å². The average Bonchev–Trinajstić information content (AvgIpc) is 2.49. The summed E-state index contributed by atoms with van der Waals surface area (Å²) in [4.78, 5) is 22.7. The van der Waals surface area contributed by atoms with Gasteiger partial charge in [0.05, 0.1) is 6.61 Å². The number of rotatable bonds is 8. The van der Waals surface area contributed by atoms with E-state index in [1.54, 1.807) is 0 Å². The predicted molar refractivity (Wildman–Crippen MR) is 96.9 cm³/mol. The van der Waals surface area contributed by atoms with Crippen molar-refractivity contribution in [1.82, 2.24) is 0 Å². The van der Waals surface area contributed by atoms with E-state index < -0.39 is 18.0 Å². The monoisotopic (exact) mass is 352 g/mol. The summed E-state index contributed by atoms with van der Waals surface area (Å²) in [5, 5.41) is 9.19. The summed E-state index contributed by atoms with van der Waals surface area (Å²) in [7, 11) is 0. The minimum Gasteiger partial charge on any atom is -0.462 e. The van der Waals surface area contributed by atoms with Crippen LogP contribution >= 0.6 is 0 Å². The summed E-state index contributed by atoms with van der Waals surface area (Å²) >= 11 is 0. The maximum absolute atomic E-state index is 11.9. The Morgan fingerprint density at radius 2 is 2.00 bits per heavy atom. The van der Waals surface area contributed by atoms with E-state index in [0.29, 0.717) is 0 Å². The quantitative estimate of drug-likeness (QED) is 0.409. The van der Waals surface area contributed by atoms with Crippen molar-refractivity contribution in [3.8, 4) is 0 Å². The lowest BCUT2D eigenvalue weighted by Crippen LogP contribution is -2.27. The van der Waals surface area contributed by atoms with Crippen molar-refractivity contribution < 1.29 is 24.2 Å². The molecule has 0 bridgehead atoms. The van der Waals surface area contributed by atoms with E-state index in [-0.39, 0.29) is 18.6 Å². The van der Waals surface area contributed by atoms with E-state index in [4.69, 9.17) is 9.47 Å². The number of carbonyl (C=O) groups excluding carboxylic acids is 2. The third-order valence-electron chi connectivity index (χ3n) is 4.78. The van der Waals surface area contributed by atoms with Crippen molar-refractivity contribution in [1.29, 1.82) is 0 Å². The largest absolute Gasteiger partial charge is 0.462 e. The van der Waals surface area contributed by atoms with Crippen LogP contribution in [-0.2, 0) is 19.1 Å². The Morgan fingerprint density at radius 3 is 2.56 bits per heavy atom. The minimum absolute atomic E-state index is 0.134. The van der Waals surface area contributed by atoms with Crippen LogP contribution in [0, 0.1) is 5.41 Å². The molecule has 0 aromatic heterocycles. The third kappa shape index (κ3) is 7.43. The fraction of sp³-hybridized carbons (Fsp3) is 0.700. The molecule has 0 spiro atoms. The number of hydrogen-bond donors (Lipinski definition) is 1. The number of hydrogen-bond acceptors (Lipinski definition) is 5. The smallest absolute Gasteiger partial charge is 0.331 e. The van der Waals surface area contributed by atoms with Gasteiger partial charge >= 0.3 is 11.9 Å². The molecule has 0 saturated heterocycles. The molecule has 25 heavy (non-hydrogen) atoms. The van der Waals surface area contributed by atoms with Crippen LogP contribution in [0.15, 0.2) is 22.8 Å². The standard InChI is InChI=1S/C20H32O5/c1-14(8-9-18-15(2)7-6-10-20(18,4)5)11-19(23)25-17(12-21)13-24-16(3)22/h11,17,21H,6-10,12-13H2,1-5H3/b14-11+/t17-/m0/s1. The number of aliphatic hydroxyl groups is 1. The van der Waals surface area contributed by atoms with Gasteiger partial charge < -0.3 is 14.6 Å². The summed E-state index contributed by atoms with van der Waals surface area (Å²) in [5.41, 5.74) is 4.15. The van der Waals surface area contributed by atoms with E-state index in [1.807, 2.05) is 6.92 Å². The molecule has 5 nitrogen and oxygen atoms in total. The molecule has 5 heteroatoms. The molecule has 0 heterocycles. The zero-order valence-corrected chi connectivity index (χ0v) is 16.2. The maximum atomic E-state index is 11.9. The number of esters is 2. The summed E-state index contributed by atoms with van der Waals surface area (Å²) in [6.07, 6.45) is 6.00. The van der Waals surface area contributed by atoms with Crippen LogP contribution in [0.5, 0.6) is 0 Å². The first-order chi connectivity index (χ1) is 11.7. The Hall–Kier alpha value is -1.62. The molecule has 1 atom stereocenters. The zero-order valence-electron chi connectivity index (χ0n) is 16.2. The molecule has 1 aliphatic carbocycles. The van der Waals surface area contributed by atoms with Crippen LogP contribution in [0.1, 0.15) is 66.7 Å². The summed E-state index contributed by atoms with van der Waals surface area (Å²) in [6.45, 7) is 9.45. The van der Waals surface area contributed by atoms with Gasteiger partial charge in [0.15, 0.2) is 6.10 Å². The Balaban J connectivity index is 2.56. The van der Waals surface area contributed by atoms with Gasteiger partial charge in [-0.3, -0.25) is 4.79 Å². The van der Waals surface area contributed by atoms with Gasteiger partial charge in [0.2, 0.25) is 0 Å². The fourth-order valence-corrected chi connectivity index (χ4v) is 3.35. The summed E-state index contributed by atoms with van der Waals surface area (Å²) in [5.74, 6) is -0.989. The van der Waals surface area contributed by atoms with Gasteiger partial charge in [-0.25, -0.2) is 4.79 Å². The third-order valence-corrected chi connectivity index (χ3v) is 4.78. The Kier molecular flexibility index (Phi) is 8.36. The van der Waals surface area contributed by atoms with E-state index in [0.717, 1.165) is 24.8 Å². The van der Waals surface area contributed by atoms with E-state index in [2.05, 4.69) is 20.8 Å². The molecule has 0 amide bonds. The Labute approximate surface area is 151 Å². The van der Waals surface area contributed by atoms with Crippen molar-refractivity contribution in [3.63, 3.8) is 0 Å². The second-order valence-corrected chi connectivity index (χ2v) is 7.53. The normalized spacial score (nSPS) is 18.7. The summed E-state index contributed by atoms with van der Waals surface area (Å²) in [6, 6.07) is 0. The molecule has 1 aliphatic rings. The van der Waals surface area contributed by atoms with Crippen LogP contribution in [0.2, 0.25) is 0 Å². The molecule has 0 aliphatic heterocycles. The number of carbonyl (C=O) groups is 2. The van der Waals surface area contributed by atoms with Crippen LogP contribution in [0.25, 0.3) is 0 Å². The van der Waals surface area contributed by atoms with Gasteiger partial charge in [-0.05, 0) is 51.4 Å². The number of ether oxygens (including phenoxy) is 2. The van der Waals surface area contributed by atoms with Crippen molar-refractivity contribution >= 4 is 11.9 Å². The van der Waals surface area contributed by atoms with Crippen molar-refractivity contribution in [3.05, 3.63) is 22.8 Å². The topological polar surface area (TPSA) is 72.8 Å². The van der Waals surface area contributed by atoms with Gasteiger partial charge in [0.25, 0.3) is 0 Å². The second kappa shape index (κ2) is 9.76. The first-order valence-corrected chi connectivity index (χ1v) is 8.97. The van der Waals surface area contributed by atoms with Gasteiger partial charge in [0, 0.05) is 13.0 Å². The molecule has 0 fully saturated rings. The molecular formula is C20H32O5. The number of allylic oxidation sites excluding steroid dienone is 3. The summed E-state index contributed by atoms with van der Waals surface area (Å²) < 4.78 is 9.88. The first-order valence-electron chi connectivity index (χ1n) is 8.97. The highest BCUT2D eigenvalue weighted by Crippen LogP contribution is 2.42. The maximum Gasteiger partial charge on any atom is 0.331 e. The highest BCUT2D eigenvalue weighted by molar-refractivity contribution is 5.82. The molecule has 0 radical (unpaired) electrons. The SMILES string of the molecule is CC(=O)OC[C@H](CO)OC(=O)/C=C(\C)CCC1=C(C)CCCC1(C)C. The minimum atomic E-state index is -0.831. The lowest BCUT2D eigenvalue weighted by atomic mass is 9.71. The lowest BCUT2D eigenvalue weighted by molar-refractivity contribution is -0.156. The molecule has 1 rings (SSSR count). The van der Waals surface area contributed by atoms with Crippen molar-refractivity contribution in [2.75, 3.05) is 13.2 Å². The van der Waals surface area contributed by atoms with Crippen molar-refractivity contribution in [2.24, 2.45) is 5.41 Å². The molecular weight excluding hydrogens is 320 g/mol.